The maximum Gasteiger partial charge on any atom is 0.170 e. The largest absolute Gasteiger partial charge is 0.170 e. The van der Waals surface area contributed by atoms with E-state index in [1.807, 2.05) is 12.1 Å². The number of halogens is 3. The van der Waals surface area contributed by atoms with Crippen LogP contribution in [0.1, 0.15) is 0 Å². The molecule has 0 unspecified atom stereocenters. The van der Waals surface area contributed by atoms with Crippen LogP contribution in [0.5, 0.6) is 0 Å². The Balaban J connectivity index is 2.45. The summed E-state index contributed by atoms with van der Waals surface area (Å²) >= 11 is 17.3. The summed E-state index contributed by atoms with van der Waals surface area (Å²) in [6.45, 7) is 0. The molecule has 0 N–H and O–H groups in total. The highest BCUT2D eigenvalue weighted by Gasteiger charge is 2.04. The van der Waals surface area contributed by atoms with E-state index in [2.05, 4.69) is 10.2 Å². The van der Waals surface area contributed by atoms with E-state index in [1.54, 1.807) is 18.2 Å². The van der Waals surface area contributed by atoms with Gasteiger partial charge in [0.05, 0.1) is 10.7 Å². The van der Waals surface area contributed by atoms with Crippen LogP contribution in [0, 0.1) is 0 Å². The zero-order chi connectivity index (χ0) is 10.8. The molecular weight excluding hydrogens is 254 g/mol. The third-order valence-electron chi connectivity index (χ3n) is 1.85. The van der Waals surface area contributed by atoms with Crippen molar-refractivity contribution >= 4 is 34.8 Å². The summed E-state index contributed by atoms with van der Waals surface area (Å²) in [6.07, 6.45) is 0. The molecule has 0 aliphatic rings. The molecule has 0 aliphatic heterocycles. The topological polar surface area (TPSA) is 25.8 Å². The van der Waals surface area contributed by atoms with Crippen molar-refractivity contribution in [2.24, 2.45) is 0 Å². The maximum absolute atomic E-state index is 5.83. The van der Waals surface area contributed by atoms with Crippen LogP contribution in [0.3, 0.4) is 0 Å². The van der Waals surface area contributed by atoms with Crippen molar-refractivity contribution in [3.8, 4) is 11.3 Å². The monoisotopic (exact) mass is 258 g/mol. The van der Waals surface area contributed by atoms with Crippen LogP contribution in [0.2, 0.25) is 15.2 Å². The lowest BCUT2D eigenvalue weighted by Gasteiger charge is -2.01. The quantitative estimate of drug-likeness (QED) is 0.770. The fraction of sp³-hybridized carbons (Fsp3) is 0. The molecule has 0 fully saturated rings. The molecule has 0 spiro atoms. The fourth-order valence-corrected chi connectivity index (χ4v) is 1.48. The standard InChI is InChI=1S/C10H5Cl3N2/c11-7-3-1-6(2-4-7)9-5-8(12)10(13)15-14-9/h1-5H. The van der Waals surface area contributed by atoms with Gasteiger partial charge in [-0.15, -0.1) is 10.2 Å². The van der Waals surface area contributed by atoms with E-state index in [4.69, 9.17) is 34.8 Å². The van der Waals surface area contributed by atoms with Gasteiger partial charge in [-0.3, -0.25) is 0 Å². The van der Waals surface area contributed by atoms with Crippen LogP contribution < -0.4 is 0 Å². The molecular formula is C10H5Cl3N2. The highest BCUT2D eigenvalue weighted by molar-refractivity contribution is 6.41. The predicted molar refractivity (Wildman–Crippen MR) is 62.5 cm³/mol. The molecule has 1 aromatic heterocycles. The summed E-state index contributed by atoms with van der Waals surface area (Å²) in [5.74, 6) is 0. The number of hydrogen-bond acceptors (Lipinski definition) is 2. The van der Waals surface area contributed by atoms with Gasteiger partial charge in [-0.25, -0.2) is 0 Å². The van der Waals surface area contributed by atoms with Crippen molar-refractivity contribution < 1.29 is 0 Å². The molecule has 0 saturated heterocycles. The molecule has 0 aliphatic carbocycles. The van der Waals surface area contributed by atoms with Gasteiger partial charge in [0.15, 0.2) is 5.15 Å². The summed E-state index contributed by atoms with van der Waals surface area (Å²) in [6, 6.07) is 8.91. The lowest BCUT2D eigenvalue weighted by Crippen LogP contribution is -1.88. The highest BCUT2D eigenvalue weighted by Crippen LogP contribution is 2.25. The molecule has 0 atom stereocenters. The summed E-state index contributed by atoms with van der Waals surface area (Å²) in [5.41, 5.74) is 1.56. The molecule has 2 nitrogen and oxygen atoms in total. The van der Waals surface area contributed by atoms with E-state index in [1.165, 1.54) is 0 Å². The third kappa shape index (κ3) is 2.40. The normalized spacial score (nSPS) is 10.3. The minimum Gasteiger partial charge on any atom is -0.149 e. The van der Waals surface area contributed by atoms with Crippen LogP contribution in [0.4, 0.5) is 0 Å². The van der Waals surface area contributed by atoms with Gasteiger partial charge in [0.2, 0.25) is 0 Å². The van der Waals surface area contributed by atoms with E-state index in [9.17, 15) is 0 Å². The average molecular weight is 260 g/mol. The number of rotatable bonds is 1. The summed E-state index contributed by atoms with van der Waals surface area (Å²) in [7, 11) is 0. The first-order valence-electron chi connectivity index (χ1n) is 4.11. The second kappa shape index (κ2) is 4.35. The Bertz CT molecular complexity index is 483. The summed E-state index contributed by atoms with van der Waals surface area (Å²) in [5, 5.41) is 8.92. The number of hydrogen-bond donors (Lipinski definition) is 0. The number of benzene rings is 1. The molecule has 0 bridgehead atoms. The maximum atomic E-state index is 5.83. The SMILES string of the molecule is Clc1ccc(-c2cc(Cl)c(Cl)nn2)cc1. The zero-order valence-corrected chi connectivity index (χ0v) is 9.68. The number of nitrogens with zero attached hydrogens (tertiary/aromatic N) is 2. The Hall–Kier alpha value is -0.830. The van der Waals surface area contributed by atoms with Gasteiger partial charge < -0.3 is 0 Å². The molecule has 5 heteroatoms. The van der Waals surface area contributed by atoms with Gasteiger partial charge in [-0.2, -0.15) is 0 Å². The van der Waals surface area contributed by atoms with Gasteiger partial charge in [-0.05, 0) is 18.2 Å². The lowest BCUT2D eigenvalue weighted by molar-refractivity contribution is 1.04. The Morgan fingerprint density at radius 2 is 1.53 bits per heavy atom. The Labute approximate surface area is 102 Å². The fourth-order valence-electron chi connectivity index (χ4n) is 1.12. The molecule has 2 rings (SSSR count). The lowest BCUT2D eigenvalue weighted by atomic mass is 10.1. The number of aromatic nitrogens is 2. The van der Waals surface area contributed by atoms with E-state index in [0.29, 0.717) is 15.7 Å². The zero-order valence-electron chi connectivity index (χ0n) is 7.42. The summed E-state index contributed by atoms with van der Waals surface area (Å²) in [4.78, 5) is 0. The smallest absolute Gasteiger partial charge is 0.149 e. The molecule has 15 heavy (non-hydrogen) atoms. The molecule has 0 radical (unpaired) electrons. The van der Waals surface area contributed by atoms with Gasteiger partial charge >= 0.3 is 0 Å². The summed E-state index contributed by atoms with van der Waals surface area (Å²) < 4.78 is 0. The van der Waals surface area contributed by atoms with Crippen molar-refractivity contribution in [1.29, 1.82) is 0 Å². The van der Waals surface area contributed by atoms with Gasteiger partial charge in [0.1, 0.15) is 0 Å². The predicted octanol–water partition coefficient (Wildman–Crippen LogP) is 4.10. The molecule has 76 valence electrons. The van der Waals surface area contributed by atoms with Crippen LogP contribution in [-0.4, -0.2) is 10.2 Å². The first-order chi connectivity index (χ1) is 7.16. The Morgan fingerprint density at radius 3 is 2.13 bits per heavy atom. The van der Waals surface area contributed by atoms with Crippen molar-refractivity contribution in [1.82, 2.24) is 10.2 Å². The van der Waals surface area contributed by atoms with Gasteiger partial charge in [0.25, 0.3) is 0 Å². The van der Waals surface area contributed by atoms with Crippen LogP contribution in [-0.2, 0) is 0 Å². The minimum absolute atomic E-state index is 0.203. The van der Waals surface area contributed by atoms with Crippen LogP contribution in [0.15, 0.2) is 30.3 Å². The molecule has 1 aromatic carbocycles. The van der Waals surface area contributed by atoms with Crippen molar-refractivity contribution in [2.45, 2.75) is 0 Å². The first-order valence-corrected chi connectivity index (χ1v) is 5.25. The van der Waals surface area contributed by atoms with Crippen molar-refractivity contribution in [2.75, 3.05) is 0 Å². The van der Waals surface area contributed by atoms with Crippen LogP contribution >= 0.6 is 34.8 Å². The van der Waals surface area contributed by atoms with Crippen LogP contribution in [0.25, 0.3) is 11.3 Å². The molecule has 2 aromatic rings. The first kappa shape index (κ1) is 10.7. The Kier molecular flexibility index (Phi) is 3.10. The van der Waals surface area contributed by atoms with E-state index < -0.39 is 0 Å². The second-order valence-electron chi connectivity index (χ2n) is 2.88. The molecule has 0 amide bonds. The molecule has 0 saturated carbocycles. The average Bonchev–Trinajstić information content (AvgIpc) is 2.23. The van der Waals surface area contributed by atoms with E-state index >= 15 is 0 Å². The minimum atomic E-state index is 0.203. The van der Waals surface area contributed by atoms with E-state index in [-0.39, 0.29) is 5.15 Å². The van der Waals surface area contributed by atoms with E-state index in [0.717, 1.165) is 5.56 Å². The Morgan fingerprint density at radius 1 is 0.867 bits per heavy atom. The van der Waals surface area contributed by atoms with Gasteiger partial charge in [-0.1, -0.05) is 46.9 Å². The highest BCUT2D eigenvalue weighted by atomic mass is 35.5. The second-order valence-corrected chi connectivity index (χ2v) is 4.08. The van der Waals surface area contributed by atoms with Crippen molar-refractivity contribution in [3.05, 3.63) is 45.5 Å². The van der Waals surface area contributed by atoms with Gasteiger partial charge in [0, 0.05) is 10.6 Å². The van der Waals surface area contributed by atoms with Crippen molar-refractivity contribution in [3.63, 3.8) is 0 Å². The third-order valence-corrected chi connectivity index (χ3v) is 2.76. The molecule has 1 heterocycles.